The Labute approximate surface area is 105 Å². The lowest BCUT2D eigenvalue weighted by atomic mass is 9.86. The molecule has 0 saturated carbocycles. The summed E-state index contributed by atoms with van der Waals surface area (Å²) in [6.07, 6.45) is 1.71. The topological polar surface area (TPSA) is 28.7 Å². The maximum absolute atomic E-state index is 6.19. The number of aromatic amines is 1. The highest BCUT2D eigenvalue weighted by molar-refractivity contribution is 6.43. The van der Waals surface area contributed by atoms with Gasteiger partial charge >= 0.3 is 0 Å². The molecule has 2 nitrogen and oxygen atoms in total. The van der Waals surface area contributed by atoms with Crippen LogP contribution >= 0.6 is 0 Å². The third-order valence-corrected chi connectivity index (χ3v) is 3.44. The van der Waals surface area contributed by atoms with Gasteiger partial charge in [0, 0.05) is 5.39 Å². The monoisotopic (exact) mass is 228 g/mol. The Balaban J connectivity index is 2.38. The average molecular weight is 228 g/mol. The van der Waals surface area contributed by atoms with Crippen LogP contribution in [0.4, 0.5) is 0 Å². The number of rotatable bonds is 0. The quantitative estimate of drug-likeness (QED) is 0.363. The molecule has 3 heteroatoms. The number of imidazole rings is 1. The Bertz CT molecular complexity index is 893. The SMILES string of the molecule is [B]c1cc2ccccc2c2ccc3[nH]cnc3c12. The molecule has 1 N–H and O–H groups in total. The Morgan fingerprint density at radius 1 is 1.00 bits per heavy atom. The van der Waals surface area contributed by atoms with Crippen LogP contribution in [0.25, 0.3) is 32.6 Å². The van der Waals surface area contributed by atoms with Crippen LogP contribution in [0, 0.1) is 0 Å². The van der Waals surface area contributed by atoms with Crippen molar-refractivity contribution in [3.8, 4) is 0 Å². The summed E-state index contributed by atoms with van der Waals surface area (Å²) in [5.74, 6) is 0. The highest BCUT2D eigenvalue weighted by atomic mass is 14.9. The predicted octanol–water partition coefficient (Wildman–Crippen LogP) is 2.66. The van der Waals surface area contributed by atoms with Crippen LogP contribution in [0.15, 0.2) is 48.8 Å². The Kier molecular flexibility index (Phi) is 1.81. The molecule has 0 atom stereocenters. The van der Waals surface area contributed by atoms with Crippen LogP contribution in [0.2, 0.25) is 0 Å². The molecule has 0 bridgehead atoms. The summed E-state index contributed by atoms with van der Waals surface area (Å²) in [6, 6.07) is 14.5. The van der Waals surface area contributed by atoms with Crippen molar-refractivity contribution in [2.45, 2.75) is 0 Å². The molecule has 0 aliphatic carbocycles. The van der Waals surface area contributed by atoms with E-state index in [-0.39, 0.29) is 0 Å². The molecule has 0 fully saturated rings. The molecule has 3 aromatic carbocycles. The third kappa shape index (κ3) is 1.16. The first-order chi connectivity index (χ1) is 8.84. The zero-order valence-corrected chi connectivity index (χ0v) is 9.64. The number of nitrogens with one attached hydrogen (secondary N) is 1. The van der Waals surface area contributed by atoms with E-state index in [9.17, 15) is 0 Å². The molecule has 1 heterocycles. The highest BCUT2D eigenvalue weighted by Gasteiger charge is 2.08. The molecular weight excluding hydrogens is 219 g/mol. The van der Waals surface area contributed by atoms with Crippen molar-refractivity contribution in [2.75, 3.05) is 0 Å². The minimum atomic E-state index is 0.779. The van der Waals surface area contributed by atoms with E-state index in [1.807, 2.05) is 18.2 Å². The molecule has 2 radical (unpaired) electrons. The number of nitrogens with zero attached hydrogens (tertiary/aromatic N) is 1. The molecule has 18 heavy (non-hydrogen) atoms. The van der Waals surface area contributed by atoms with Crippen molar-refractivity contribution in [1.29, 1.82) is 0 Å². The van der Waals surface area contributed by atoms with E-state index in [1.54, 1.807) is 6.33 Å². The van der Waals surface area contributed by atoms with E-state index in [2.05, 4.69) is 34.2 Å². The minimum Gasteiger partial charge on any atom is -0.345 e. The van der Waals surface area contributed by atoms with Crippen molar-refractivity contribution < 1.29 is 0 Å². The summed E-state index contributed by atoms with van der Waals surface area (Å²) in [7, 11) is 6.19. The smallest absolute Gasteiger partial charge is 0.114 e. The lowest BCUT2D eigenvalue weighted by Crippen LogP contribution is -2.04. The summed E-state index contributed by atoms with van der Waals surface area (Å²) in [6.45, 7) is 0. The molecule has 0 saturated heterocycles. The lowest BCUT2D eigenvalue weighted by molar-refractivity contribution is 1.35. The Morgan fingerprint density at radius 2 is 1.89 bits per heavy atom. The van der Waals surface area contributed by atoms with Gasteiger partial charge in [-0.2, -0.15) is 0 Å². The van der Waals surface area contributed by atoms with Gasteiger partial charge in [0.25, 0.3) is 0 Å². The summed E-state index contributed by atoms with van der Waals surface area (Å²) in [5.41, 5.74) is 2.74. The molecule has 0 aliphatic rings. The van der Waals surface area contributed by atoms with Crippen molar-refractivity contribution in [3.05, 3.63) is 48.8 Å². The van der Waals surface area contributed by atoms with Gasteiger partial charge in [0.2, 0.25) is 0 Å². The van der Waals surface area contributed by atoms with Gasteiger partial charge in [-0.1, -0.05) is 41.9 Å². The van der Waals surface area contributed by atoms with E-state index < -0.39 is 0 Å². The maximum atomic E-state index is 6.19. The van der Waals surface area contributed by atoms with Gasteiger partial charge in [0.1, 0.15) is 7.85 Å². The molecule has 0 spiro atoms. The predicted molar refractivity (Wildman–Crippen MR) is 76.5 cm³/mol. The van der Waals surface area contributed by atoms with Gasteiger partial charge in [-0.25, -0.2) is 4.98 Å². The Hall–Kier alpha value is -2.29. The number of hydrogen-bond acceptors (Lipinski definition) is 1. The second-order valence-electron chi connectivity index (χ2n) is 4.47. The number of benzene rings is 3. The standard InChI is InChI=1S/C15H9BN2/c16-12-7-9-3-1-2-4-10(9)11-5-6-13-15(14(11)12)18-8-17-13/h1-8H,(H,17,18). The summed E-state index contributed by atoms with van der Waals surface area (Å²) < 4.78 is 0. The maximum Gasteiger partial charge on any atom is 0.114 e. The van der Waals surface area contributed by atoms with Crippen molar-refractivity contribution in [1.82, 2.24) is 9.97 Å². The van der Waals surface area contributed by atoms with Crippen molar-refractivity contribution in [3.63, 3.8) is 0 Å². The fourth-order valence-electron chi connectivity index (χ4n) is 2.63. The number of hydrogen-bond donors (Lipinski definition) is 1. The van der Waals surface area contributed by atoms with Crippen LogP contribution in [0.5, 0.6) is 0 Å². The van der Waals surface area contributed by atoms with Crippen molar-refractivity contribution >= 4 is 45.9 Å². The average Bonchev–Trinajstić information content (AvgIpc) is 2.86. The molecule has 1 aromatic heterocycles. The molecule has 0 unspecified atom stereocenters. The van der Waals surface area contributed by atoms with Gasteiger partial charge in [-0.05, 0) is 22.2 Å². The second kappa shape index (κ2) is 3.36. The highest BCUT2D eigenvalue weighted by Crippen LogP contribution is 2.27. The second-order valence-corrected chi connectivity index (χ2v) is 4.47. The fourth-order valence-corrected chi connectivity index (χ4v) is 2.63. The van der Waals surface area contributed by atoms with Gasteiger partial charge in [-0.15, -0.1) is 0 Å². The zero-order chi connectivity index (χ0) is 12.1. The largest absolute Gasteiger partial charge is 0.345 e. The first-order valence-electron chi connectivity index (χ1n) is 5.87. The fraction of sp³-hybridized carbons (Fsp3) is 0. The molecule has 4 rings (SSSR count). The van der Waals surface area contributed by atoms with Gasteiger partial charge in [0.05, 0.1) is 17.4 Å². The first-order valence-corrected chi connectivity index (χ1v) is 5.87. The van der Waals surface area contributed by atoms with Gasteiger partial charge < -0.3 is 4.98 Å². The van der Waals surface area contributed by atoms with E-state index in [4.69, 9.17) is 7.85 Å². The van der Waals surface area contributed by atoms with Gasteiger partial charge in [-0.3, -0.25) is 0 Å². The summed E-state index contributed by atoms with van der Waals surface area (Å²) in [4.78, 5) is 7.50. The summed E-state index contributed by atoms with van der Waals surface area (Å²) in [5, 5.41) is 4.57. The molecular formula is C15H9BN2. The van der Waals surface area contributed by atoms with Crippen LogP contribution in [0.1, 0.15) is 0 Å². The van der Waals surface area contributed by atoms with Gasteiger partial charge in [0.15, 0.2) is 0 Å². The number of H-pyrrole nitrogens is 1. The first kappa shape index (κ1) is 9.72. The van der Waals surface area contributed by atoms with Crippen LogP contribution in [-0.4, -0.2) is 17.8 Å². The molecule has 0 aliphatic heterocycles. The van der Waals surface area contributed by atoms with Crippen LogP contribution in [-0.2, 0) is 0 Å². The normalized spacial score (nSPS) is 11.6. The lowest BCUT2D eigenvalue weighted by Gasteiger charge is -2.08. The third-order valence-electron chi connectivity index (χ3n) is 3.44. The van der Waals surface area contributed by atoms with Crippen molar-refractivity contribution in [2.24, 2.45) is 0 Å². The Morgan fingerprint density at radius 3 is 2.83 bits per heavy atom. The minimum absolute atomic E-state index is 0.779. The van der Waals surface area contributed by atoms with E-state index >= 15 is 0 Å². The number of aromatic nitrogens is 2. The van der Waals surface area contributed by atoms with E-state index in [0.717, 1.165) is 32.7 Å². The van der Waals surface area contributed by atoms with E-state index in [1.165, 1.54) is 5.39 Å². The molecule has 4 aromatic rings. The zero-order valence-electron chi connectivity index (χ0n) is 9.64. The van der Waals surface area contributed by atoms with Crippen LogP contribution in [0.3, 0.4) is 0 Å². The number of fused-ring (bicyclic) bond motifs is 5. The molecule has 82 valence electrons. The molecule has 0 amide bonds. The summed E-state index contributed by atoms with van der Waals surface area (Å²) >= 11 is 0. The van der Waals surface area contributed by atoms with Crippen LogP contribution < -0.4 is 5.46 Å². The van der Waals surface area contributed by atoms with E-state index in [0.29, 0.717) is 0 Å².